The van der Waals surface area contributed by atoms with Gasteiger partial charge in [0.2, 0.25) is 11.8 Å². The molecular weight excluding hydrogens is 330 g/mol. The predicted molar refractivity (Wildman–Crippen MR) is 88.9 cm³/mol. The molecule has 3 rings (SSSR count). The first-order valence-electron chi connectivity index (χ1n) is 8.12. The van der Waals surface area contributed by atoms with Crippen molar-refractivity contribution >= 4 is 17.5 Å². The van der Waals surface area contributed by atoms with Gasteiger partial charge in [-0.2, -0.15) is 4.98 Å². The van der Waals surface area contributed by atoms with Crippen LogP contribution < -0.4 is 4.74 Å². The second-order valence-corrected chi connectivity index (χ2v) is 6.21. The van der Waals surface area contributed by atoms with Gasteiger partial charge in [0.15, 0.2) is 5.82 Å². The second-order valence-electron chi connectivity index (χ2n) is 5.80. The number of benzene rings is 1. The summed E-state index contributed by atoms with van der Waals surface area (Å²) >= 11 is 6.04. The van der Waals surface area contributed by atoms with E-state index < -0.39 is 0 Å². The maximum atomic E-state index is 12.5. The monoisotopic (exact) mass is 349 g/mol. The highest BCUT2D eigenvalue weighted by atomic mass is 35.5. The van der Waals surface area contributed by atoms with E-state index in [-0.39, 0.29) is 11.9 Å². The average Bonchev–Trinajstić information content (AvgIpc) is 3.21. The zero-order valence-electron chi connectivity index (χ0n) is 13.6. The molecule has 2 heterocycles. The van der Waals surface area contributed by atoms with Crippen LogP contribution in [-0.2, 0) is 4.79 Å². The molecule has 1 aromatic heterocycles. The topological polar surface area (TPSA) is 68.5 Å². The molecule has 0 saturated carbocycles. The number of rotatable bonds is 6. The zero-order valence-corrected chi connectivity index (χ0v) is 14.3. The Hall–Kier alpha value is -2.08. The van der Waals surface area contributed by atoms with Crippen molar-refractivity contribution in [2.75, 3.05) is 13.2 Å². The molecule has 0 N–H and O–H groups in total. The molecule has 128 valence electrons. The summed E-state index contributed by atoms with van der Waals surface area (Å²) < 4.78 is 10.7. The van der Waals surface area contributed by atoms with Crippen molar-refractivity contribution in [1.29, 1.82) is 0 Å². The highest BCUT2D eigenvalue weighted by Crippen LogP contribution is 2.31. The van der Waals surface area contributed by atoms with Crippen molar-refractivity contribution < 1.29 is 14.1 Å². The van der Waals surface area contributed by atoms with E-state index >= 15 is 0 Å². The number of halogens is 1. The molecule has 0 radical (unpaired) electrons. The van der Waals surface area contributed by atoms with Crippen LogP contribution in [-0.4, -0.2) is 34.1 Å². The number of carbonyl (C=O) groups is 1. The molecule has 1 aliphatic rings. The number of aryl methyl sites for hydroxylation is 1. The SMILES string of the molecule is Cc1nc(C2CCCN2C(=O)CCCOc2ccccc2Cl)no1. The standard InChI is InChI=1S/C17H20ClN3O3/c1-12-19-17(20-24-12)14-7-4-10-21(14)16(22)9-5-11-23-15-8-3-2-6-13(15)18/h2-3,6,8,14H,4-5,7,9-11H2,1H3. The van der Waals surface area contributed by atoms with E-state index in [9.17, 15) is 4.79 Å². The normalized spacial score (nSPS) is 17.2. The van der Waals surface area contributed by atoms with Gasteiger partial charge in [0.05, 0.1) is 17.7 Å². The van der Waals surface area contributed by atoms with Crippen LogP contribution in [0.3, 0.4) is 0 Å². The Labute approximate surface area is 145 Å². The number of ether oxygens (including phenoxy) is 1. The van der Waals surface area contributed by atoms with E-state index in [1.807, 2.05) is 23.1 Å². The van der Waals surface area contributed by atoms with Crippen molar-refractivity contribution in [2.24, 2.45) is 0 Å². The van der Waals surface area contributed by atoms with E-state index in [1.165, 1.54) is 0 Å². The zero-order chi connectivity index (χ0) is 16.9. The third kappa shape index (κ3) is 3.87. The third-order valence-electron chi connectivity index (χ3n) is 4.04. The maximum Gasteiger partial charge on any atom is 0.223 e. The summed E-state index contributed by atoms with van der Waals surface area (Å²) in [6.07, 6.45) is 2.90. The van der Waals surface area contributed by atoms with Crippen LogP contribution in [0.2, 0.25) is 5.02 Å². The summed E-state index contributed by atoms with van der Waals surface area (Å²) in [4.78, 5) is 18.6. The van der Waals surface area contributed by atoms with Crippen LogP contribution in [0.15, 0.2) is 28.8 Å². The molecule has 1 aromatic carbocycles. The molecule has 24 heavy (non-hydrogen) atoms. The molecule has 7 heteroatoms. The molecule has 0 bridgehead atoms. The lowest BCUT2D eigenvalue weighted by atomic mass is 10.2. The fraction of sp³-hybridized carbons (Fsp3) is 0.471. The number of hydrogen-bond acceptors (Lipinski definition) is 5. The largest absolute Gasteiger partial charge is 0.492 e. The van der Waals surface area contributed by atoms with E-state index in [2.05, 4.69) is 10.1 Å². The summed E-state index contributed by atoms with van der Waals surface area (Å²) in [6.45, 7) is 2.95. The summed E-state index contributed by atoms with van der Waals surface area (Å²) in [7, 11) is 0. The van der Waals surface area contributed by atoms with Crippen LogP contribution in [0.4, 0.5) is 0 Å². The lowest BCUT2D eigenvalue weighted by Gasteiger charge is -2.22. The Morgan fingerprint density at radius 1 is 1.46 bits per heavy atom. The minimum absolute atomic E-state index is 0.0700. The molecule has 1 saturated heterocycles. The molecule has 1 fully saturated rings. The number of para-hydroxylation sites is 1. The number of nitrogens with zero attached hydrogens (tertiary/aromatic N) is 3. The van der Waals surface area contributed by atoms with Gasteiger partial charge in [-0.25, -0.2) is 0 Å². The first-order valence-corrected chi connectivity index (χ1v) is 8.50. The van der Waals surface area contributed by atoms with Gasteiger partial charge in [0.25, 0.3) is 0 Å². The molecule has 1 aliphatic heterocycles. The Bertz CT molecular complexity index is 704. The van der Waals surface area contributed by atoms with Crippen molar-refractivity contribution in [3.05, 3.63) is 41.0 Å². The van der Waals surface area contributed by atoms with E-state index in [4.69, 9.17) is 20.9 Å². The molecular formula is C17H20ClN3O3. The van der Waals surface area contributed by atoms with Crippen LogP contribution >= 0.6 is 11.6 Å². The van der Waals surface area contributed by atoms with Gasteiger partial charge in [0.1, 0.15) is 5.75 Å². The first kappa shape index (κ1) is 16.8. The smallest absolute Gasteiger partial charge is 0.223 e. The van der Waals surface area contributed by atoms with Gasteiger partial charge in [0, 0.05) is 19.9 Å². The van der Waals surface area contributed by atoms with Gasteiger partial charge >= 0.3 is 0 Å². The van der Waals surface area contributed by atoms with Gasteiger partial charge < -0.3 is 14.2 Å². The summed E-state index contributed by atoms with van der Waals surface area (Å²) in [5.41, 5.74) is 0. The Morgan fingerprint density at radius 2 is 2.29 bits per heavy atom. The van der Waals surface area contributed by atoms with Crippen LogP contribution in [0.5, 0.6) is 5.75 Å². The molecule has 1 atom stereocenters. The van der Waals surface area contributed by atoms with Gasteiger partial charge in [-0.05, 0) is 31.4 Å². The Balaban J connectivity index is 1.49. The van der Waals surface area contributed by atoms with Crippen molar-refractivity contribution in [1.82, 2.24) is 15.0 Å². The Morgan fingerprint density at radius 3 is 3.04 bits per heavy atom. The number of likely N-dealkylation sites (tertiary alicyclic amines) is 1. The highest BCUT2D eigenvalue weighted by molar-refractivity contribution is 6.32. The maximum absolute atomic E-state index is 12.5. The van der Waals surface area contributed by atoms with E-state index in [1.54, 1.807) is 13.0 Å². The Kier molecular flexibility index (Phi) is 5.35. The third-order valence-corrected chi connectivity index (χ3v) is 4.36. The minimum atomic E-state index is -0.0700. The number of carbonyl (C=O) groups excluding carboxylic acids is 1. The van der Waals surface area contributed by atoms with Gasteiger partial charge in [-0.15, -0.1) is 0 Å². The summed E-state index contributed by atoms with van der Waals surface area (Å²) in [6, 6.07) is 7.25. The van der Waals surface area contributed by atoms with Crippen molar-refractivity contribution in [3.8, 4) is 5.75 Å². The molecule has 0 aliphatic carbocycles. The van der Waals surface area contributed by atoms with E-state index in [0.29, 0.717) is 41.9 Å². The highest BCUT2D eigenvalue weighted by Gasteiger charge is 2.32. The predicted octanol–water partition coefficient (Wildman–Crippen LogP) is 3.55. The lowest BCUT2D eigenvalue weighted by molar-refractivity contribution is -0.132. The molecule has 2 aromatic rings. The minimum Gasteiger partial charge on any atom is -0.492 e. The fourth-order valence-electron chi connectivity index (χ4n) is 2.89. The lowest BCUT2D eigenvalue weighted by Crippen LogP contribution is -2.31. The van der Waals surface area contributed by atoms with Crippen LogP contribution in [0.1, 0.15) is 43.4 Å². The molecule has 1 amide bonds. The van der Waals surface area contributed by atoms with Crippen LogP contribution in [0.25, 0.3) is 0 Å². The quantitative estimate of drug-likeness (QED) is 0.746. The van der Waals surface area contributed by atoms with E-state index in [0.717, 1.165) is 19.4 Å². The number of aromatic nitrogens is 2. The summed E-state index contributed by atoms with van der Waals surface area (Å²) in [5.74, 6) is 1.87. The van der Waals surface area contributed by atoms with Crippen LogP contribution in [0, 0.1) is 6.92 Å². The molecule has 6 nitrogen and oxygen atoms in total. The number of amides is 1. The first-order chi connectivity index (χ1) is 11.6. The van der Waals surface area contributed by atoms with Crippen molar-refractivity contribution in [3.63, 3.8) is 0 Å². The van der Waals surface area contributed by atoms with Gasteiger partial charge in [-0.3, -0.25) is 4.79 Å². The number of hydrogen-bond donors (Lipinski definition) is 0. The average molecular weight is 350 g/mol. The molecule has 0 spiro atoms. The fourth-order valence-corrected chi connectivity index (χ4v) is 3.09. The van der Waals surface area contributed by atoms with Gasteiger partial charge in [-0.1, -0.05) is 28.9 Å². The summed E-state index contributed by atoms with van der Waals surface area (Å²) in [5, 5.41) is 4.54. The second kappa shape index (κ2) is 7.66. The molecule has 1 unspecified atom stereocenters. The van der Waals surface area contributed by atoms with Crippen molar-refractivity contribution in [2.45, 2.75) is 38.6 Å².